The first kappa shape index (κ1) is 23.4. The highest BCUT2D eigenvalue weighted by Gasteiger charge is 2.40. The minimum Gasteiger partial charge on any atom is -0.460 e. The standard InChI is InChI=1S/C24H27N4O3PS/c1-4-27(5-2)32(33)21-18(3)26-28(16-17-30-24(29)20-14-10-7-11-15-20)22(21)25-23(31-32)19-12-8-6-9-13-19/h6-15H,4-5,16-17H2,1-3H3/t32-/m1/s1. The Labute approximate surface area is 199 Å². The molecule has 7 nitrogen and oxygen atoms in total. The SMILES string of the molecule is CCN(CC)[P@@]1(=S)OC(c2ccccc2)=Nc2c1c(C)nn2CCOC(=O)c1ccccc1. The van der Waals surface area contributed by atoms with E-state index in [-0.39, 0.29) is 12.6 Å². The van der Waals surface area contributed by atoms with E-state index in [9.17, 15) is 4.79 Å². The van der Waals surface area contributed by atoms with Crippen LogP contribution in [-0.4, -0.2) is 46.0 Å². The molecule has 0 fully saturated rings. The third-order valence-electron chi connectivity index (χ3n) is 5.44. The lowest BCUT2D eigenvalue weighted by molar-refractivity contribution is 0.0488. The number of nitrogens with zero attached hydrogens (tertiary/aromatic N) is 4. The highest BCUT2D eigenvalue weighted by atomic mass is 32.4. The van der Waals surface area contributed by atoms with Crippen molar-refractivity contribution in [3.63, 3.8) is 0 Å². The van der Waals surface area contributed by atoms with Crippen molar-refractivity contribution in [2.24, 2.45) is 4.99 Å². The van der Waals surface area contributed by atoms with Crippen LogP contribution in [-0.2, 0) is 27.6 Å². The summed E-state index contributed by atoms with van der Waals surface area (Å²) in [6.45, 7) is 8.15. The Morgan fingerprint density at radius 2 is 1.73 bits per heavy atom. The Bertz CT molecular complexity index is 1210. The number of rotatable bonds is 8. The first-order valence-electron chi connectivity index (χ1n) is 11.0. The van der Waals surface area contributed by atoms with Crippen LogP contribution in [0.3, 0.4) is 0 Å². The van der Waals surface area contributed by atoms with Gasteiger partial charge in [-0.1, -0.05) is 50.2 Å². The van der Waals surface area contributed by atoms with Crippen LogP contribution < -0.4 is 5.30 Å². The second-order valence-corrected chi connectivity index (χ2v) is 11.2. The Balaban J connectivity index is 1.67. The van der Waals surface area contributed by atoms with Crippen molar-refractivity contribution in [2.45, 2.75) is 27.3 Å². The van der Waals surface area contributed by atoms with Gasteiger partial charge in [0, 0.05) is 18.7 Å². The molecule has 0 N–H and O–H groups in total. The van der Waals surface area contributed by atoms with Crippen LogP contribution in [0.4, 0.5) is 5.82 Å². The summed E-state index contributed by atoms with van der Waals surface area (Å²) in [5.41, 5.74) is 2.18. The molecule has 1 aromatic heterocycles. The van der Waals surface area contributed by atoms with Gasteiger partial charge in [0.25, 0.3) is 0 Å². The first-order chi connectivity index (χ1) is 16.0. The van der Waals surface area contributed by atoms with Crippen LogP contribution in [0.15, 0.2) is 65.7 Å². The predicted octanol–water partition coefficient (Wildman–Crippen LogP) is 4.43. The molecule has 0 aliphatic carbocycles. The maximum atomic E-state index is 12.3. The molecule has 1 atom stereocenters. The van der Waals surface area contributed by atoms with Crippen molar-refractivity contribution in [1.82, 2.24) is 14.5 Å². The Hall–Kier alpha value is -2.80. The van der Waals surface area contributed by atoms with Gasteiger partial charge >= 0.3 is 5.97 Å². The van der Waals surface area contributed by atoms with E-state index in [0.29, 0.717) is 23.8 Å². The van der Waals surface area contributed by atoms with Crippen LogP contribution in [0.1, 0.15) is 35.5 Å². The van der Waals surface area contributed by atoms with Crippen LogP contribution in [0, 0.1) is 6.92 Å². The average Bonchev–Trinajstić information content (AvgIpc) is 3.16. The van der Waals surface area contributed by atoms with Crippen LogP contribution in [0.2, 0.25) is 0 Å². The van der Waals surface area contributed by atoms with E-state index in [4.69, 9.17) is 31.2 Å². The Kier molecular flexibility index (Phi) is 7.08. The zero-order valence-corrected chi connectivity index (χ0v) is 20.7. The van der Waals surface area contributed by atoms with Crippen LogP contribution >= 0.6 is 6.42 Å². The summed E-state index contributed by atoms with van der Waals surface area (Å²) in [6, 6.07) is 18.7. The molecule has 0 radical (unpaired) electrons. The smallest absolute Gasteiger partial charge is 0.338 e. The Morgan fingerprint density at radius 3 is 2.36 bits per heavy atom. The maximum absolute atomic E-state index is 12.3. The summed E-state index contributed by atoms with van der Waals surface area (Å²) < 4.78 is 15.9. The fraction of sp³-hybridized carbons (Fsp3) is 0.292. The number of hydrogen-bond donors (Lipinski definition) is 0. The minimum absolute atomic E-state index is 0.173. The highest BCUT2D eigenvalue weighted by Crippen LogP contribution is 2.55. The van der Waals surface area contributed by atoms with E-state index in [1.54, 1.807) is 16.8 Å². The lowest BCUT2D eigenvalue weighted by Gasteiger charge is -2.35. The van der Waals surface area contributed by atoms with E-state index in [0.717, 1.165) is 29.7 Å². The summed E-state index contributed by atoms with van der Waals surface area (Å²) in [4.78, 5) is 17.1. The summed E-state index contributed by atoms with van der Waals surface area (Å²) >= 11 is 6.22. The molecule has 0 bridgehead atoms. The zero-order valence-electron chi connectivity index (χ0n) is 19.0. The molecule has 3 aromatic rings. The molecule has 0 amide bonds. The fourth-order valence-electron chi connectivity index (χ4n) is 3.81. The number of ether oxygens (including phenoxy) is 1. The number of carbonyl (C=O) groups is 1. The number of esters is 1. The zero-order chi connectivity index (χ0) is 23.4. The number of aromatic nitrogens is 2. The number of fused-ring (bicyclic) bond motifs is 1. The minimum atomic E-state index is -2.61. The molecule has 172 valence electrons. The van der Waals surface area contributed by atoms with Crippen molar-refractivity contribution in [1.29, 1.82) is 0 Å². The average molecular weight is 483 g/mol. The number of hydrogen-bond acceptors (Lipinski definition) is 6. The van der Waals surface area contributed by atoms with E-state index < -0.39 is 6.42 Å². The molecule has 1 aliphatic heterocycles. The molecular weight excluding hydrogens is 455 g/mol. The third-order valence-corrected chi connectivity index (χ3v) is 9.72. The summed E-state index contributed by atoms with van der Waals surface area (Å²) in [6.07, 6.45) is -2.61. The molecule has 2 heterocycles. The van der Waals surface area contributed by atoms with Gasteiger partial charge in [-0.3, -0.25) is 0 Å². The lowest BCUT2D eigenvalue weighted by Crippen LogP contribution is -2.32. The lowest BCUT2D eigenvalue weighted by atomic mass is 10.2. The van der Waals surface area contributed by atoms with Gasteiger partial charge < -0.3 is 9.26 Å². The van der Waals surface area contributed by atoms with Crippen molar-refractivity contribution in [3.8, 4) is 0 Å². The van der Waals surface area contributed by atoms with E-state index >= 15 is 0 Å². The summed E-state index contributed by atoms with van der Waals surface area (Å²) in [7, 11) is 0. The van der Waals surface area contributed by atoms with Gasteiger partial charge in [0.1, 0.15) is 11.9 Å². The van der Waals surface area contributed by atoms with Crippen molar-refractivity contribution in [3.05, 3.63) is 77.5 Å². The monoisotopic (exact) mass is 482 g/mol. The van der Waals surface area contributed by atoms with E-state index in [1.807, 2.05) is 55.5 Å². The first-order valence-corrected chi connectivity index (χ1v) is 13.6. The van der Waals surface area contributed by atoms with Gasteiger partial charge in [-0.2, -0.15) is 10.1 Å². The van der Waals surface area contributed by atoms with Gasteiger partial charge in [-0.25, -0.2) is 14.1 Å². The summed E-state index contributed by atoms with van der Waals surface area (Å²) in [5.74, 6) is 0.822. The van der Waals surface area contributed by atoms with Crippen LogP contribution in [0.25, 0.3) is 0 Å². The van der Waals surface area contributed by atoms with Gasteiger partial charge in [-0.15, -0.1) is 0 Å². The fourth-order valence-corrected chi connectivity index (χ4v) is 7.84. The van der Waals surface area contributed by atoms with Gasteiger partial charge in [0.05, 0.1) is 17.8 Å². The van der Waals surface area contributed by atoms with Crippen molar-refractivity contribution < 1.29 is 14.1 Å². The van der Waals surface area contributed by atoms with Crippen molar-refractivity contribution in [2.75, 3.05) is 19.7 Å². The molecule has 0 unspecified atom stereocenters. The molecule has 9 heteroatoms. The maximum Gasteiger partial charge on any atom is 0.338 e. The normalized spacial score (nSPS) is 17.3. The van der Waals surface area contributed by atoms with Crippen LogP contribution in [0.5, 0.6) is 0 Å². The van der Waals surface area contributed by atoms with Gasteiger partial charge in [0.2, 0.25) is 12.3 Å². The summed E-state index contributed by atoms with van der Waals surface area (Å²) in [5, 5.41) is 5.58. The molecule has 0 spiro atoms. The second-order valence-electron chi connectivity index (χ2n) is 7.52. The molecule has 1 aliphatic rings. The number of aliphatic imine (C=N–C) groups is 1. The van der Waals surface area contributed by atoms with Gasteiger partial charge in [0.15, 0.2) is 5.82 Å². The predicted molar refractivity (Wildman–Crippen MR) is 134 cm³/mol. The second kappa shape index (κ2) is 10.00. The number of aryl methyl sites for hydroxylation is 1. The van der Waals surface area contributed by atoms with Crippen molar-refractivity contribution >= 4 is 41.2 Å². The van der Waals surface area contributed by atoms with E-state index in [1.165, 1.54) is 0 Å². The molecule has 0 saturated carbocycles. The Morgan fingerprint density at radius 1 is 1.09 bits per heavy atom. The quantitative estimate of drug-likeness (QED) is 0.349. The number of carbonyl (C=O) groups excluding carboxylic acids is 1. The van der Waals surface area contributed by atoms with Gasteiger partial charge in [-0.05, 0) is 43.0 Å². The highest BCUT2D eigenvalue weighted by molar-refractivity contribution is 8.15. The molecule has 0 saturated heterocycles. The third kappa shape index (κ3) is 4.64. The topological polar surface area (TPSA) is 68.9 Å². The molecule has 4 rings (SSSR count). The largest absolute Gasteiger partial charge is 0.460 e. The molecule has 2 aromatic carbocycles. The number of benzene rings is 2. The molecule has 33 heavy (non-hydrogen) atoms. The molecular formula is C24H27N4O3PS. The van der Waals surface area contributed by atoms with E-state index in [2.05, 4.69) is 18.5 Å².